The molecule has 0 bridgehead atoms. The number of para-hydroxylation sites is 1. The van der Waals surface area contributed by atoms with E-state index in [-0.39, 0.29) is 11.1 Å². The third kappa shape index (κ3) is 4.33. The maximum atomic E-state index is 13.4. The first kappa shape index (κ1) is 23.3. The predicted molar refractivity (Wildman–Crippen MR) is 132 cm³/mol. The minimum Gasteiger partial charge on any atom is -0.438 e. The molecule has 0 radical (unpaired) electrons. The molecule has 0 spiro atoms. The Labute approximate surface area is 204 Å². The lowest BCUT2D eigenvalue weighted by molar-refractivity contribution is -0.138. The van der Waals surface area contributed by atoms with Crippen molar-refractivity contribution >= 4 is 10.9 Å². The van der Waals surface area contributed by atoms with Gasteiger partial charge in [0.05, 0.1) is 16.6 Å². The van der Waals surface area contributed by atoms with Crippen LogP contribution in [0.1, 0.15) is 16.7 Å². The number of fused-ring (bicyclic) bond motifs is 1. The number of ether oxygens (including phenoxy) is 1. The van der Waals surface area contributed by atoms with Crippen LogP contribution < -0.4 is 10.3 Å². The van der Waals surface area contributed by atoms with Crippen LogP contribution in [-0.2, 0) is 6.18 Å². The Morgan fingerprint density at radius 1 is 0.861 bits per heavy atom. The van der Waals surface area contributed by atoms with Gasteiger partial charge >= 0.3 is 6.18 Å². The Balaban J connectivity index is 1.63. The van der Waals surface area contributed by atoms with Gasteiger partial charge in [-0.3, -0.25) is 9.36 Å². The quantitative estimate of drug-likeness (QED) is 0.277. The molecule has 0 fully saturated rings. The third-order valence-corrected chi connectivity index (χ3v) is 5.88. The zero-order chi connectivity index (χ0) is 25.4. The highest BCUT2D eigenvalue weighted by Gasteiger charge is 2.35. The van der Waals surface area contributed by atoms with E-state index in [1.807, 2.05) is 44.2 Å². The summed E-state index contributed by atoms with van der Waals surface area (Å²) < 4.78 is 47.3. The van der Waals surface area contributed by atoms with Gasteiger partial charge in [0.1, 0.15) is 17.6 Å². The number of hydrogen-bond donors (Lipinski definition) is 0. The summed E-state index contributed by atoms with van der Waals surface area (Å²) in [6.45, 7) is 4.07. The molecule has 0 saturated carbocycles. The molecule has 8 heteroatoms. The van der Waals surface area contributed by atoms with Crippen molar-refractivity contribution in [2.75, 3.05) is 0 Å². The van der Waals surface area contributed by atoms with E-state index in [2.05, 4.69) is 22.1 Å². The van der Waals surface area contributed by atoms with Crippen LogP contribution in [0.25, 0.3) is 27.7 Å². The van der Waals surface area contributed by atoms with E-state index < -0.39 is 23.2 Å². The SMILES string of the molecule is Cc1ccc(-c2ccccc2-n2cnc(=O)c3cc(Oc4ncccc4C(F)(F)F)ccc32)c(C)c1. The molecule has 0 saturated heterocycles. The molecule has 2 heterocycles. The van der Waals surface area contributed by atoms with Crippen molar-refractivity contribution in [3.8, 4) is 28.4 Å². The summed E-state index contributed by atoms with van der Waals surface area (Å²) in [6.07, 6.45) is -1.97. The van der Waals surface area contributed by atoms with Crippen molar-refractivity contribution < 1.29 is 17.9 Å². The van der Waals surface area contributed by atoms with Gasteiger partial charge in [0.15, 0.2) is 0 Å². The summed E-state index contributed by atoms with van der Waals surface area (Å²) in [5.41, 5.74) is 4.06. The predicted octanol–water partition coefficient (Wildman–Crippen LogP) is 6.88. The average Bonchev–Trinajstić information content (AvgIpc) is 2.84. The van der Waals surface area contributed by atoms with Gasteiger partial charge in [-0.1, -0.05) is 42.0 Å². The maximum absolute atomic E-state index is 13.4. The fourth-order valence-electron chi connectivity index (χ4n) is 4.22. The van der Waals surface area contributed by atoms with E-state index in [1.165, 1.54) is 30.7 Å². The van der Waals surface area contributed by atoms with Gasteiger partial charge in [0.25, 0.3) is 5.56 Å². The van der Waals surface area contributed by atoms with E-state index in [1.54, 1.807) is 10.6 Å². The lowest BCUT2D eigenvalue weighted by atomic mass is 9.97. The summed E-state index contributed by atoms with van der Waals surface area (Å²) >= 11 is 0. The minimum absolute atomic E-state index is 0.0472. The maximum Gasteiger partial charge on any atom is 0.421 e. The van der Waals surface area contributed by atoms with Crippen molar-refractivity contribution in [1.29, 1.82) is 0 Å². The number of aromatic nitrogens is 3. The lowest BCUT2D eigenvalue weighted by Crippen LogP contribution is -2.12. The van der Waals surface area contributed by atoms with Crippen LogP contribution in [0.15, 0.2) is 90.1 Å². The fourth-order valence-corrected chi connectivity index (χ4v) is 4.22. The van der Waals surface area contributed by atoms with Crippen LogP contribution in [0.2, 0.25) is 0 Å². The van der Waals surface area contributed by atoms with E-state index in [4.69, 9.17) is 4.74 Å². The average molecular weight is 487 g/mol. The molecule has 0 N–H and O–H groups in total. The molecule has 3 aromatic carbocycles. The Morgan fingerprint density at radius 3 is 2.44 bits per heavy atom. The van der Waals surface area contributed by atoms with Crippen molar-refractivity contribution in [2.45, 2.75) is 20.0 Å². The highest BCUT2D eigenvalue weighted by atomic mass is 19.4. The van der Waals surface area contributed by atoms with Gasteiger partial charge < -0.3 is 4.74 Å². The van der Waals surface area contributed by atoms with Crippen LogP contribution >= 0.6 is 0 Å². The molecule has 0 aliphatic heterocycles. The number of pyridine rings is 1. The van der Waals surface area contributed by atoms with Gasteiger partial charge in [-0.25, -0.2) is 4.98 Å². The summed E-state index contributed by atoms with van der Waals surface area (Å²) in [6, 6.07) is 20.5. The number of nitrogens with zero attached hydrogens (tertiary/aromatic N) is 3. The van der Waals surface area contributed by atoms with Crippen LogP contribution in [0, 0.1) is 13.8 Å². The second-order valence-corrected chi connectivity index (χ2v) is 8.39. The first-order valence-electron chi connectivity index (χ1n) is 11.1. The second kappa shape index (κ2) is 8.96. The number of halogens is 3. The van der Waals surface area contributed by atoms with Crippen molar-refractivity contribution in [3.63, 3.8) is 0 Å². The summed E-state index contributed by atoms with van der Waals surface area (Å²) in [7, 11) is 0. The first-order chi connectivity index (χ1) is 17.2. The lowest BCUT2D eigenvalue weighted by Gasteiger charge is -2.17. The number of aryl methyl sites for hydroxylation is 2. The number of hydrogen-bond acceptors (Lipinski definition) is 4. The molecule has 5 rings (SSSR count). The van der Waals surface area contributed by atoms with Gasteiger partial charge in [-0.15, -0.1) is 0 Å². The smallest absolute Gasteiger partial charge is 0.421 e. The third-order valence-electron chi connectivity index (χ3n) is 5.88. The van der Waals surface area contributed by atoms with Crippen molar-refractivity contribution in [3.05, 3.63) is 112 Å². The highest BCUT2D eigenvalue weighted by molar-refractivity contribution is 5.84. The summed E-state index contributed by atoms with van der Waals surface area (Å²) in [5.74, 6) is -0.542. The van der Waals surface area contributed by atoms with Crippen molar-refractivity contribution in [2.24, 2.45) is 0 Å². The zero-order valence-corrected chi connectivity index (χ0v) is 19.4. The monoisotopic (exact) mass is 487 g/mol. The summed E-state index contributed by atoms with van der Waals surface area (Å²) in [5, 5.41) is 0.204. The number of alkyl halides is 3. The van der Waals surface area contributed by atoms with Crippen LogP contribution in [-0.4, -0.2) is 14.5 Å². The van der Waals surface area contributed by atoms with E-state index in [9.17, 15) is 18.0 Å². The van der Waals surface area contributed by atoms with E-state index >= 15 is 0 Å². The topological polar surface area (TPSA) is 57.0 Å². The molecule has 5 nitrogen and oxygen atoms in total. The molecular weight excluding hydrogens is 467 g/mol. The molecule has 0 atom stereocenters. The van der Waals surface area contributed by atoms with E-state index in [0.717, 1.165) is 34.0 Å². The molecule has 0 amide bonds. The highest BCUT2D eigenvalue weighted by Crippen LogP contribution is 2.37. The van der Waals surface area contributed by atoms with Gasteiger partial charge in [-0.2, -0.15) is 18.2 Å². The van der Waals surface area contributed by atoms with Gasteiger partial charge in [-0.05, 0) is 61.4 Å². The first-order valence-corrected chi connectivity index (χ1v) is 11.1. The molecule has 180 valence electrons. The molecule has 0 aliphatic rings. The van der Waals surface area contributed by atoms with Gasteiger partial charge in [0, 0.05) is 11.8 Å². The van der Waals surface area contributed by atoms with Crippen LogP contribution in [0.5, 0.6) is 11.6 Å². The van der Waals surface area contributed by atoms with Crippen LogP contribution in [0.4, 0.5) is 13.2 Å². The van der Waals surface area contributed by atoms with Crippen molar-refractivity contribution in [1.82, 2.24) is 14.5 Å². The molecule has 2 aromatic heterocycles. The van der Waals surface area contributed by atoms with Crippen LogP contribution in [0.3, 0.4) is 0 Å². The largest absolute Gasteiger partial charge is 0.438 e. The number of benzene rings is 3. The molecule has 0 unspecified atom stereocenters. The molecule has 5 aromatic rings. The number of rotatable bonds is 4. The standard InChI is InChI=1S/C28H20F3N3O2/c1-17-9-11-20(18(2)14-17)21-6-3-4-8-24(21)34-16-33-26(35)22-15-19(10-12-25(22)34)36-27-23(28(29,30)31)7-5-13-32-27/h3-16H,1-2H3. The Bertz CT molecular complexity index is 1660. The Morgan fingerprint density at radius 2 is 1.67 bits per heavy atom. The molecule has 0 aliphatic carbocycles. The molecular formula is C28H20F3N3O2. The second-order valence-electron chi connectivity index (χ2n) is 8.39. The minimum atomic E-state index is -4.63. The van der Waals surface area contributed by atoms with E-state index in [0.29, 0.717) is 5.52 Å². The van der Waals surface area contributed by atoms with Gasteiger partial charge in [0.2, 0.25) is 5.88 Å². The molecule has 36 heavy (non-hydrogen) atoms. The Kier molecular flexibility index (Phi) is 5.80. The zero-order valence-electron chi connectivity index (χ0n) is 19.4. The summed E-state index contributed by atoms with van der Waals surface area (Å²) in [4.78, 5) is 20.4. The fraction of sp³-hybridized carbons (Fsp3) is 0.107. The Hall–Kier alpha value is -4.46. The normalized spacial score (nSPS) is 11.6.